The molecule has 1 atom stereocenters. The van der Waals surface area contributed by atoms with Gasteiger partial charge in [-0.15, -0.1) is 0 Å². The lowest BCUT2D eigenvalue weighted by Crippen LogP contribution is -2.22. The number of rotatable bonds is 8. The van der Waals surface area contributed by atoms with E-state index < -0.39 is 0 Å². The SMILES string of the molecule is C/C=C/CCCCC(CC)C(=O)Nc1ccccc1Br. The maximum absolute atomic E-state index is 12.3. The maximum Gasteiger partial charge on any atom is 0.227 e. The molecule has 0 aromatic heterocycles. The monoisotopic (exact) mass is 337 g/mol. The molecule has 0 bridgehead atoms. The molecule has 0 spiro atoms. The van der Waals surface area contributed by atoms with Crippen LogP contribution in [0.1, 0.15) is 46.0 Å². The van der Waals surface area contributed by atoms with Crippen LogP contribution in [0.2, 0.25) is 0 Å². The molecule has 0 fully saturated rings. The van der Waals surface area contributed by atoms with E-state index in [-0.39, 0.29) is 11.8 Å². The van der Waals surface area contributed by atoms with Gasteiger partial charge in [0.05, 0.1) is 5.69 Å². The Kier molecular flexibility index (Phi) is 8.28. The molecule has 1 N–H and O–H groups in total. The highest BCUT2D eigenvalue weighted by atomic mass is 79.9. The number of carbonyl (C=O) groups excluding carboxylic acids is 1. The highest BCUT2D eigenvalue weighted by Gasteiger charge is 2.16. The third-order valence-electron chi connectivity index (χ3n) is 3.40. The molecule has 2 nitrogen and oxygen atoms in total. The summed E-state index contributed by atoms with van der Waals surface area (Å²) >= 11 is 3.45. The Hall–Kier alpha value is -1.09. The van der Waals surface area contributed by atoms with E-state index in [0.717, 1.165) is 42.3 Å². The molecule has 0 heterocycles. The summed E-state index contributed by atoms with van der Waals surface area (Å²) in [5.41, 5.74) is 0.852. The summed E-state index contributed by atoms with van der Waals surface area (Å²) in [6.07, 6.45) is 9.48. The zero-order valence-electron chi connectivity index (χ0n) is 12.4. The fourth-order valence-corrected chi connectivity index (χ4v) is 2.52. The first-order chi connectivity index (χ1) is 9.69. The van der Waals surface area contributed by atoms with Crippen molar-refractivity contribution in [3.05, 3.63) is 40.9 Å². The zero-order chi connectivity index (χ0) is 14.8. The molecule has 1 aromatic rings. The third kappa shape index (κ3) is 5.91. The van der Waals surface area contributed by atoms with Crippen LogP contribution in [0.5, 0.6) is 0 Å². The number of para-hydroxylation sites is 1. The van der Waals surface area contributed by atoms with Crippen LogP contribution in [-0.2, 0) is 4.79 Å². The van der Waals surface area contributed by atoms with Crippen LogP contribution in [0.4, 0.5) is 5.69 Å². The van der Waals surface area contributed by atoms with Gasteiger partial charge in [-0.25, -0.2) is 0 Å². The second-order valence-electron chi connectivity index (χ2n) is 4.93. The van der Waals surface area contributed by atoms with Crippen LogP contribution in [0.25, 0.3) is 0 Å². The predicted molar refractivity (Wildman–Crippen MR) is 89.8 cm³/mol. The van der Waals surface area contributed by atoms with Crippen molar-refractivity contribution in [1.82, 2.24) is 0 Å². The van der Waals surface area contributed by atoms with Crippen LogP contribution >= 0.6 is 15.9 Å². The van der Waals surface area contributed by atoms with Gasteiger partial charge in [0, 0.05) is 10.4 Å². The number of allylic oxidation sites excluding steroid dienone is 2. The highest BCUT2D eigenvalue weighted by molar-refractivity contribution is 9.10. The second-order valence-corrected chi connectivity index (χ2v) is 5.78. The van der Waals surface area contributed by atoms with E-state index in [2.05, 4.69) is 40.3 Å². The van der Waals surface area contributed by atoms with E-state index in [4.69, 9.17) is 0 Å². The molecule has 0 aliphatic heterocycles. The highest BCUT2D eigenvalue weighted by Crippen LogP contribution is 2.23. The molecule has 1 unspecified atom stereocenters. The summed E-state index contributed by atoms with van der Waals surface area (Å²) in [7, 11) is 0. The Morgan fingerprint density at radius 2 is 2.10 bits per heavy atom. The Labute approximate surface area is 130 Å². The molecule has 0 saturated heterocycles. The normalized spacial score (nSPS) is 12.6. The first-order valence-corrected chi connectivity index (χ1v) is 8.14. The van der Waals surface area contributed by atoms with Gasteiger partial charge in [0.15, 0.2) is 0 Å². The molecule has 1 aromatic carbocycles. The molecule has 0 aliphatic rings. The first-order valence-electron chi connectivity index (χ1n) is 7.35. The number of benzene rings is 1. The van der Waals surface area contributed by atoms with E-state index in [9.17, 15) is 4.79 Å². The number of hydrogen-bond acceptors (Lipinski definition) is 1. The van der Waals surface area contributed by atoms with E-state index in [1.165, 1.54) is 0 Å². The zero-order valence-corrected chi connectivity index (χ0v) is 13.9. The number of carbonyl (C=O) groups is 1. The molecular weight excluding hydrogens is 314 g/mol. The summed E-state index contributed by atoms with van der Waals surface area (Å²) < 4.78 is 0.927. The first kappa shape index (κ1) is 17.0. The molecular formula is C17H24BrNO. The Morgan fingerprint density at radius 1 is 1.35 bits per heavy atom. The van der Waals surface area contributed by atoms with Crippen LogP contribution < -0.4 is 5.32 Å². The van der Waals surface area contributed by atoms with Crippen molar-refractivity contribution >= 4 is 27.5 Å². The van der Waals surface area contributed by atoms with E-state index in [0.29, 0.717) is 0 Å². The van der Waals surface area contributed by atoms with Crippen molar-refractivity contribution in [2.24, 2.45) is 5.92 Å². The van der Waals surface area contributed by atoms with Gasteiger partial charge in [-0.3, -0.25) is 4.79 Å². The fraction of sp³-hybridized carbons (Fsp3) is 0.471. The van der Waals surface area contributed by atoms with Crippen molar-refractivity contribution < 1.29 is 4.79 Å². The largest absolute Gasteiger partial charge is 0.325 e. The number of nitrogens with one attached hydrogen (secondary N) is 1. The molecule has 0 aliphatic carbocycles. The van der Waals surface area contributed by atoms with Gasteiger partial charge in [0.25, 0.3) is 0 Å². The maximum atomic E-state index is 12.3. The van der Waals surface area contributed by atoms with Gasteiger partial charge in [-0.05, 0) is 60.7 Å². The number of amides is 1. The van der Waals surface area contributed by atoms with Crippen molar-refractivity contribution in [2.45, 2.75) is 46.0 Å². The topological polar surface area (TPSA) is 29.1 Å². The Bertz CT molecular complexity index is 442. The molecule has 20 heavy (non-hydrogen) atoms. The smallest absolute Gasteiger partial charge is 0.227 e. The molecule has 1 amide bonds. The van der Waals surface area contributed by atoms with Gasteiger partial charge < -0.3 is 5.32 Å². The van der Waals surface area contributed by atoms with Crippen molar-refractivity contribution in [2.75, 3.05) is 5.32 Å². The summed E-state index contributed by atoms with van der Waals surface area (Å²) in [5, 5.41) is 3.01. The summed E-state index contributed by atoms with van der Waals surface area (Å²) in [6.45, 7) is 4.12. The van der Waals surface area contributed by atoms with E-state index >= 15 is 0 Å². The number of anilines is 1. The number of unbranched alkanes of at least 4 members (excludes halogenated alkanes) is 2. The average molecular weight is 338 g/mol. The minimum absolute atomic E-state index is 0.104. The summed E-state index contributed by atoms with van der Waals surface area (Å²) in [5.74, 6) is 0.234. The van der Waals surface area contributed by atoms with Gasteiger partial charge in [0.1, 0.15) is 0 Å². The fourth-order valence-electron chi connectivity index (χ4n) is 2.14. The van der Waals surface area contributed by atoms with Gasteiger partial charge >= 0.3 is 0 Å². The predicted octanol–water partition coefficient (Wildman–Crippen LogP) is 5.55. The van der Waals surface area contributed by atoms with Gasteiger partial charge in [0.2, 0.25) is 5.91 Å². The van der Waals surface area contributed by atoms with Gasteiger partial charge in [-0.2, -0.15) is 0 Å². The van der Waals surface area contributed by atoms with Gasteiger partial charge in [-0.1, -0.05) is 37.6 Å². The minimum Gasteiger partial charge on any atom is -0.325 e. The lowest BCUT2D eigenvalue weighted by Gasteiger charge is -2.15. The van der Waals surface area contributed by atoms with Crippen LogP contribution in [0.15, 0.2) is 40.9 Å². The Balaban J connectivity index is 2.44. The standard InChI is InChI=1S/C17H24BrNO/c1-3-5-6-7-8-11-14(4-2)17(20)19-16-13-10-9-12-15(16)18/h3,5,9-10,12-14H,4,6-8,11H2,1-2H3,(H,19,20)/b5-3+. The van der Waals surface area contributed by atoms with Crippen LogP contribution in [-0.4, -0.2) is 5.91 Å². The second kappa shape index (κ2) is 9.76. The Morgan fingerprint density at radius 3 is 2.75 bits per heavy atom. The molecule has 110 valence electrons. The molecule has 1 rings (SSSR count). The molecule has 0 saturated carbocycles. The quantitative estimate of drug-likeness (QED) is 0.489. The lowest BCUT2D eigenvalue weighted by atomic mass is 9.97. The average Bonchev–Trinajstić information content (AvgIpc) is 2.45. The van der Waals surface area contributed by atoms with Crippen molar-refractivity contribution in [1.29, 1.82) is 0 Å². The van der Waals surface area contributed by atoms with Crippen molar-refractivity contribution in [3.63, 3.8) is 0 Å². The van der Waals surface area contributed by atoms with Crippen LogP contribution in [0.3, 0.4) is 0 Å². The number of halogens is 1. The van der Waals surface area contributed by atoms with E-state index in [1.807, 2.05) is 31.2 Å². The minimum atomic E-state index is 0.104. The van der Waals surface area contributed by atoms with Crippen LogP contribution in [0, 0.1) is 5.92 Å². The third-order valence-corrected chi connectivity index (χ3v) is 4.10. The molecule has 3 heteroatoms. The molecule has 0 radical (unpaired) electrons. The summed E-state index contributed by atoms with van der Waals surface area (Å²) in [4.78, 5) is 12.3. The summed E-state index contributed by atoms with van der Waals surface area (Å²) in [6, 6.07) is 7.73. The van der Waals surface area contributed by atoms with Crippen molar-refractivity contribution in [3.8, 4) is 0 Å². The lowest BCUT2D eigenvalue weighted by molar-refractivity contribution is -0.120. The number of hydrogen-bond donors (Lipinski definition) is 1. The van der Waals surface area contributed by atoms with E-state index in [1.54, 1.807) is 0 Å².